The van der Waals surface area contributed by atoms with Gasteiger partial charge in [-0.05, 0) is 48.5 Å². The molecule has 0 unspecified atom stereocenters. The van der Waals surface area contributed by atoms with Crippen LogP contribution in [0.1, 0.15) is 16.2 Å². The third-order valence-electron chi connectivity index (χ3n) is 5.10. The molecule has 0 aliphatic heterocycles. The van der Waals surface area contributed by atoms with E-state index in [-0.39, 0.29) is 11.7 Å². The lowest BCUT2D eigenvalue weighted by atomic mass is 10.2. The summed E-state index contributed by atoms with van der Waals surface area (Å²) in [6, 6.07) is 20.9. The molecule has 3 aromatic carbocycles. The highest BCUT2D eigenvalue weighted by Gasteiger charge is 2.12. The van der Waals surface area contributed by atoms with Crippen molar-refractivity contribution in [3.05, 3.63) is 90.0 Å². The number of benzene rings is 3. The molecule has 4 aromatic rings. The molecule has 1 amide bonds. The number of carbonyl (C=O) groups is 1. The first kappa shape index (κ1) is 21.4. The Morgan fingerprint density at radius 1 is 1.03 bits per heavy atom. The largest absolute Gasteiger partial charge is 0.497 e. The van der Waals surface area contributed by atoms with Gasteiger partial charge in [-0.1, -0.05) is 18.2 Å². The normalized spacial score (nSPS) is 10.8. The molecule has 0 spiro atoms. The molecule has 6 nitrogen and oxygen atoms in total. The lowest BCUT2D eigenvalue weighted by Gasteiger charge is -2.12. The summed E-state index contributed by atoms with van der Waals surface area (Å²) in [6.45, 7) is 1.48. The average Bonchev–Trinajstić information content (AvgIpc) is 3.17. The first-order chi connectivity index (χ1) is 15.6. The Labute approximate surface area is 185 Å². The summed E-state index contributed by atoms with van der Waals surface area (Å²) in [4.78, 5) is 17.0. The van der Waals surface area contributed by atoms with E-state index in [1.807, 2.05) is 48.5 Å². The molecule has 0 saturated carbocycles. The molecule has 1 aromatic heterocycles. The monoisotopic (exact) mass is 433 g/mol. The molecule has 0 aliphatic rings. The van der Waals surface area contributed by atoms with E-state index in [1.54, 1.807) is 7.11 Å². The lowest BCUT2D eigenvalue weighted by Crippen LogP contribution is -2.26. The Balaban J connectivity index is 1.41. The summed E-state index contributed by atoms with van der Waals surface area (Å²) in [5.74, 6) is 1.73. The number of fused-ring (bicyclic) bond motifs is 1. The van der Waals surface area contributed by atoms with Crippen molar-refractivity contribution in [1.82, 2.24) is 14.9 Å². The molecule has 0 radical (unpaired) electrons. The second-order valence-corrected chi connectivity index (χ2v) is 7.21. The Kier molecular flexibility index (Phi) is 6.65. The van der Waals surface area contributed by atoms with Crippen LogP contribution in [0.25, 0.3) is 11.0 Å². The van der Waals surface area contributed by atoms with Crippen LogP contribution >= 0.6 is 0 Å². The lowest BCUT2D eigenvalue weighted by molar-refractivity contribution is 0.0954. The Hall–Kier alpha value is -3.87. The maximum atomic E-state index is 13.1. The van der Waals surface area contributed by atoms with Crippen molar-refractivity contribution >= 4 is 16.9 Å². The number of carbonyl (C=O) groups excluding carboxylic acids is 1. The van der Waals surface area contributed by atoms with Gasteiger partial charge in [0.15, 0.2) is 0 Å². The quantitative estimate of drug-likeness (QED) is 0.429. The van der Waals surface area contributed by atoms with E-state index in [4.69, 9.17) is 14.5 Å². The first-order valence-electron chi connectivity index (χ1n) is 10.4. The number of hydrogen-bond donors (Lipinski definition) is 1. The maximum Gasteiger partial charge on any atom is 0.251 e. The van der Waals surface area contributed by atoms with Crippen LogP contribution in [0.15, 0.2) is 72.8 Å². The number of nitrogens with one attached hydrogen (secondary N) is 1. The van der Waals surface area contributed by atoms with Gasteiger partial charge in [-0.2, -0.15) is 0 Å². The molecule has 0 fully saturated rings. The van der Waals surface area contributed by atoms with Crippen LogP contribution in [0.5, 0.6) is 11.5 Å². The molecular formula is C25H24FN3O3. The number of hydrogen-bond acceptors (Lipinski definition) is 4. The number of ether oxygens (including phenoxy) is 2. The molecule has 0 atom stereocenters. The smallest absolute Gasteiger partial charge is 0.251 e. The van der Waals surface area contributed by atoms with Gasteiger partial charge in [-0.3, -0.25) is 4.79 Å². The average molecular weight is 433 g/mol. The minimum absolute atomic E-state index is 0.242. The fourth-order valence-corrected chi connectivity index (χ4v) is 3.50. The second-order valence-electron chi connectivity index (χ2n) is 7.21. The van der Waals surface area contributed by atoms with Gasteiger partial charge in [0.05, 0.1) is 24.7 Å². The summed E-state index contributed by atoms with van der Waals surface area (Å²) >= 11 is 0. The van der Waals surface area contributed by atoms with Crippen molar-refractivity contribution in [3.63, 3.8) is 0 Å². The SMILES string of the molecule is COc1cccc(OCCn2c(CCNC(=O)c3ccc(F)cc3)nc3ccccc32)c1. The van der Waals surface area contributed by atoms with Gasteiger partial charge in [0.2, 0.25) is 0 Å². The van der Waals surface area contributed by atoms with E-state index in [0.717, 1.165) is 28.4 Å². The molecule has 0 saturated heterocycles. The number of amides is 1. The van der Waals surface area contributed by atoms with Crippen LogP contribution in [0.2, 0.25) is 0 Å². The molecule has 4 rings (SSSR count). The highest BCUT2D eigenvalue weighted by molar-refractivity contribution is 5.94. The molecule has 1 N–H and O–H groups in total. The highest BCUT2D eigenvalue weighted by atomic mass is 19.1. The number of aromatic nitrogens is 2. The minimum Gasteiger partial charge on any atom is -0.497 e. The molecule has 0 aliphatic carbocycles. The zero-order chi connectivity index (χ0) is 22.3. The van der Waals surface area contributed by atoms with Crippen LogP contribution in [0.4, 0.5) is 4.39 Å². The van der Waals surface area contributed by atoms with E-state index in [2.05, 4.69) is 9.88 Å². The summed E-state index contributed by atoms with van der Waals surface area (Å²) < 4.78 is 26.3. The van der Waals surface area contributed by atoms with Crippen molar-refractivity contribution in [2.75, 3.05) is 20.3 Å². The van der Waals surface area contributed by atoms with Gasteiger partial charge in [-0.15, -0.1) is 0 Å². The number of halogens is 1. The van der Waals surface area contributed by atoms with E-state index in [1.165, 1.54) is 24.3 Å². The topological polar surface area (TPSA) is 65.4 Å². The Morgan fingerprint density at radius 2 is 1.81 bits per heavy atom. The molecule has 0 bridgehead atoms. The van der Waals surface area contributed by atoms with Gasteiger partial charge in [0.25, 0.3) is 5.91 Å². The number of imidazole rings is 1. The van der Waals surface area contributed by atoms with Gasteiger partial charge in [-0.25, -0.2) is 9.37 Å². The number of para-hydroxylation sites is 2. The van der Waals surface area contributed by atoms with E-state index >= 15 is 0 Å². The number of rotatable bonds is 9. The van der Waals surface area contributed by atoms with Crippen molar-refractivity contribution in [3.8, 4) is 11.5 Å². The van der Waals surface area contributed by atoms with Gasteiger partial charge < -0.3 is 19.4 Å². The third-order valence-corrected chi connectivity index (χ3v) is 5.10. The molecular weight excluding hydrogens is 409 g/mol. The fraction of sp³-hybridized carbons (Fsp3) is 0.200. The molecule has 1 heterocycles. The van der Waals surface area contributed by atoms with Gasteiger partial charge >= 0.3 is 0 Å². The van der Waals surface area contributed by atoms with Crippen LogP contribution in [0, 0.1) is 5.82 Å². The van der Waals surface area contributed by atoms with Crippen LogP contribution < -0.4 is 14.8 Å². The van der Waals surface area contributed by atoms with Crippen LogP contribution in [-0.2, 0) is 13.0 Å². The van der Waals surface area contributed by atoms with Crippen molar-refractivity contribution in [1.29, 1.82) is 0 Å². The summed E-state index contributed by atoms with van der Waals surface area (Å²) in [6.07, 6.45) is 0.556. The predicted molar refractivity (Wildman–Crippen MR) is 121 cm³/mol. The van der Waals surface area contributed by atoms with Crippen molar-refractivity contribution < 1.29 is 18.7 Å². The zero-order valence-electron chi connectivity index (χ0n) is 17.8. The van der Waals surface area contributed by atoms with E-state index in [0.29, 0.717) is 31.7 Å². The maximum absolute atomic E-state index is 13.1. The standard InChI is InChI=1S/C25H24FN3O3/c1-31-20-5-4-6-21(17-20)32-16-15-29-23-8-3-2-7-22(23)28-24(29)13-14-27-25(30)18-9-11-19(26)12-10-18/h2-12,17H,13-16H2,1H3,(H,27,30). The summed E-state index contributed by atoms with van der Waals surface area (Å²) in [5.41, 5.74) is 2.34. The summed E-state index contributed by atoms with van der Waals surface area (Å²) in [5, 5.41) is 2.87. The van der Waals surface area contributed by atoms with Crippen molar-refractivity contribution in [2.45, 2.75) is 13.0 Å². The Morgan fingerprint density at radius 3 is 2.62 bits per heavy atom. The second kappa shape index (κ2) is 9.96. The molecule has 164 valence electrons. The zero-order valence-corrected chi connectivity index (χ0v) is 17.8. The predicted octanol–water partition coefficient (Wildman–Crippen LogP) is 4.24. The van der Waals surface area contributed by atoms with Gasteiger partial charge in [0.1, 0.15) is 29.7 Å². The molecule has 7 heteroatoms. The fourth-order valence-electron chi connectivity index (χ4n) is 3.50. The third kappa shape index (κ3) is 5.06. The minimum atomic E-state index is -0.369. The summed E-state index contributed by atoms with van der Waals surface area (Å²) in [7, 11) is 1.62. The highest BCUT2D eigenvalue weighted by Crippen LogP contribution is 2.20. The van der Waals surface area contributed by atoms with Crippen LogP contribution in [0.3, 0.4) is 0 Å². The number of methoxy groups -OCH3 is 1. The van der Waals surface area contributed by atoms with Crippen molar-refractivity contribution in [2.24, 2.45) is 0 Å². The first-order valence-corrected chi connectivity index (χ1v) is 10.4. The van der Waals surface area contributed by atoms with Gasteiger partial charge in [0, 0.05) is 24.6 Å². The van der Waals surface area contributed by atoms with Crippen LogP contribution in [-0.4, -0.2) is 35.7 Å². The van der Waals surface area contributed by atoms with E-state index < -0.39 is 0 Å². The Bertz CT molecular complexity index is 1200. The molecule has 32 heavy (non-hydrogen) atoms. The number of nitrogens with zero attached hydrogens (tertiary/aromatic N) is 2. The van der Waals surface area contributed by atoms with E-state index in [9.17, 15) is 9.18 Å².